The largest absolute Gasteiger partial charge is 0.469 e. The lowest BCUT2D eigenvalue weighted by molar-refractivity contribution is -0.161. The minimum Gasteiger partial charge on any atom is -0.462 e. The molecule has 0 saturated heterocycles. The molecule has 0 heterocycles. The topological polar surface area (TPSA) is 119 Å². The molecular weight excluding hydrogens is 651 g/mol. The van der Waals surface area contributed by atoms with E-state index in [1.54, 1.807) is 0 Å². The van der Waals surface area contributed by atoms with Gasteiger partial charge in [0.15, 0.2) is 6.10 Å². The van der Waals surface area contributed by atoms with Crippen molar-refractivity contribution in [2.75, 3.05) is 13.2 Å². The zero-order chi connectivity index (χ0) is 36.8. The lowest BCUT2D eigenvalue weighted by Gasteiger charge is -2.18. The first-order chi connectivity index (χ1) is 24.3. The highest BCUT2D eigenvalue weighted by molar-refractivity contribution is 7.46. The molecule has 0 rings (SSSR count). The second-order valence-corrected chi connectivity index (χ2v) is 14.5. The number of esters is 2. The van der Waals surface area contributed by atoms with Crippen LogP contribution in [0.5, 0.6) is 0 Å². The number of allylic oxidation sites excluding steroid dienone is 8. The van der Waals surface area contributed by atoms with Crippen molar-refractivity contribution in [2.45, 2.75) is 187 Å². The van der Waals surface area contributed by atoms with Gasteiger partial charge in [-0.25, -0.2) is 4.57 Å². The van der Waals surface area contributed by atoms with E-state index in [-0.39, 0.29) is 19.4 Å². The van der Waals surface area contributed by atoms with Crippen molar-refractivity contribution in [3.8, 4) is 0 Å². The van der Waals surface area contributed by atoms with Crippen LogP contribution in [0.4, 0.5) is 0 Å². The standard InChI is InChI=1S/C41H73O8P/c1-3-5-7-9-11-13-15-17-19-20-22-23-25-27-29-31-33-35-40(42)47-37-39(38-48-50(44,45)46)49-41(43)36-34-32-30-28-26-24-21-18-16-14-12-10-8-6-4-2/h10,12,17,19,22-23,27,29,39H,3-9,11,13-16,18,20-21,24-26,28,30-38H2,1-2H3,(H2,44,45,46)/b12-10+,19-17+,23-22+,29-27+/t39-/m1/s1. The summed E-state index contributed by atoms with van der Waals surface area (Å²) in [5.74, 6) is -0.949. The second kappa shape index (κ2) is 36.8. The van der Waals surface area contributed by atoms with Gasteiger partial charge in [0, 0.05) is 12.8 Å². The minimum absolute atomic E-state index is 0.195. The molecule has 0 aromatic carbocycles. The van der Waals surface area contributed by atoms with Gasteiger partial charge in [0.2, 0.25) is 0 Å². The van der Waals surface area contributed by atoms with Crippen LogP contribution in [0.3, 0.4) is 0 Å². The van der Waals surface area contributed by atoms with Crippen LogP contribution in [0.2, 0.25) is 0 Å². The van der Waals surface area contributed by atoms with Gasteiger partial charge in [0.25, 0.3) is 0 Å². The Labute approximate surface area is 305 Å². The second-order valence-electron chi connectivity index (χ2n) is 13.2. The predicted octanol–water partition coefficient (Wildman–Crippen LogP) is 12.0. The van der Waals surface area contributed by atoms with E-state index in [4.69, 9.17) is 19.3 Å². The molecule has 0 aliphatic heterocycles. The van der Waals surface area contributed by atoms with Gasteiger partial charge in [-0.2, -0.15) is 0 Å². The van der Waals surface area contributed by atoms with Crippen molar-refractivity contribution >= 4 is 19.8 Å². The molecule has 0 aromatic rings. The van der Waals surface area contributed by atoms with Crippen molar-refractivity contribution < 1.29 is 37.9 Å². The van der Waals surface area contributed by atoms with Crippen molar-refractivity contribution in [3.05, 3.63) is 48.6 Å². The monoisotopic (exact) mass is 725 g/mol. The maximum Gasteiger partial charge on any atom is 0.469 e. The van der Waals surface area contributed by atoms with Crippen LogP contribution in [0.25, 0.3) is 0 Å². The normalized spacial score (nSPS) is 13.0. The van der Waals surface area contributed by atoms with Gasteiger partial charge in [0.05, 0.1) is 6.61 Å². The average molecular weight is 725 g/mol. The summed E-state index contributed by atoms with van der Waals surface area (Å²) < 4.78 is 26.3. The molecule has 0 amide bonds. The lowest BCUT2D eigenvalue weighted by atomic mass is 10.1. The number of hydrogen-bond acceptors (Lipinski definition) is 6. The Kier molecular flexibility index (Phi) is 35.3. The number of ether oxygens (including phenoxy) is 2. The molecule has 290 valence electrons. The van der Waals surface area contributed by atoms with Gasteiger partial charge in [-0.05, 0) is 64.2 Å². The van der Waals surface area contributed by atoms with E-state index in [0.29, 0.717) is 12.8 Å². The average Bonchev–Trinajstić information content (AvgIpc) is 3.08. The summed E-state index contributed by atoms with van der Waals surface area (Å²) in [7, 11) is -4.76. The van der Waals surface area contributed by atoms with Crippen LogP contribution in [0.15, 0.2) is 48.6 Å². The molecule has 9 heteroatoms. The van der Waals surface area contributed by atoms with E-state index in [9.17, 15) is 14.2 Å². The van der Waals surface area contributed by atoms with Crippen LogP contribution in [0, 0.1) is 0 Å². The molecule has 0 saturated carbocycles. The SMILES string of the molecule is CCCC/C=C/CCCCCCCCCCCC(=O)O[C@H](COC(=O)CCC/C=C/C/C=C/C/C=C/CCCCCCCC)COP(=O)(O)O. The van der Waals surface area contributed by atoms with Crippen molar-refractivity contribution in [3.63, 3.8) is 0 Å². The molecule has 0 radical (unpaired) electrons. The molecular formula is C41H73O8P. The van der Waals surface area contributed by atoms with Gasteiger partial charge in [0.1, 0.15) is 6.61 Å². The van der Waals surface area contributed by atoms with E-state index >= 15 is 0 Å². The molecule has 2 N–H and O–H groups in total. The van der Waals surface area contributed by atoms with Crippen LogP contribution in [-0.4, -0.2) is 41.0 Å². The Hall–Kier alpha value is -1.99. The summed E-state index contributed by atoms with van der Waals surface area (Å²) in [5, 5.41) is 0. The van der Waals surface area contributed by atoms with Gasteiger partial charge in [-0.3, -0.25) is 14.1 Å². The van der Waals surface area contributed by atoms with Crippen molar-refractivity contribution in [1.29, 1.82) is 0 Å². The first-order valence-electron chi connectivity index (χ1n) is 19.9. The maximum absolute atomic E-state index is 12.4. The number of phosphoric acid groups is 1. The summed E-state index contributed by atoms with van der Waals surface area (Å²) in [4.78, 5) is 42.7. The highest BCUT2D eigenvalue weighted by atomic mass is 31.2. The van der Waals surface area contributed by atoms with Gasteiger partial charge in [-0.15, -0.1) is 0 Å². The fraction of sp³-hybridized carbons (Fsp3) is 0.756. The molecule has 0 fully saturated rings. The molecule has 1 atom stereocenters. The molecule has 8 nitrogen and oxygen atoms in total. The molecule has 0 bridgehead atoms. The predicted molar refractivity (Wildman–Crippen MR) is 207 cm³/mol. The van der Waals surface area contributed by atoms with E-state index in [1.807, 2.05) is 6.08 Å². The number of carbonyl (C=O) groups is 2. The van der Waals surface area contributed by atoms with E-state index in [0.717, 1.165) is 44.9 Å². The molecule has 0 unspecified atom stereocenters. The number of rotatable bonds is 36. The maximum atomic E-state index is 12.4. The van der Waals surface area contributed by atoms with Crippen molar-refractivity contribution in [2.24, 2.45) is 0 Å². The zero-order valence-corrected chi connectivity index (χ0v) is 32.7. The lowest BCUT2D eigenvalue weighted by Crippen LogP contribution is -2.29. The smallest absolute Gasteiger partial charge is 0.462 e. The van der Waals surface area contributed by atoms with Gasteiger partial charge in [-0.1, -0.05) is 152 Å². The molecule has 0 spiro atoms. The molecule has 0 aliphatic carbocycles. The fourth-order valence-electron chi connectivity index (χ4n) is 5.31. The highest BCUT2D eigenvalue weighted by Gasteiger charge is 2.22. The van der Waals surface area contributed by atoms with Crippen LogP contribution >= 0.6 is 7.82 Å². The van der Waals surface area contributed by atoms with Crippen LogP contribution in [0.1, 0.15) is 181 Å². The van der Waals surface area contributed by atoms with E-state index in [2.05, 4.69) is 60.9 Å². The highest BCUT2D eigenvalue weighted by Crippen LogP contribution is 2.36. The molecule has 0 aliphatic rings. The van der Waals surface area contributed by atoms with Gasteiger partial charge < -0.3 is 19.3 Å². The molecule has 0 aromatic heterocycles. The summed E-state index contributed by atoms with van der Waals surface area (Å²) in [6.45, 7) is 3.60. The Bertz CT molecular complexity index is 952. The zero-order valence-electron chi connectivity index (χ0n) is 31.8. The molecule has 50 heavy (non-hydrogen) atoms. The number of unbranched alkanes of at least 4 members (excludes halogenated alkanes) is 18. The Morgan fingerprint density at radius 3 is 1.48 bits per heavy atom. The summed E-state index contributed by atoms with van der Waals surface area (Å²) >= 11 is 0. The quantitative estimate of drug-likeness (QED) is 0.0284. The summed E-state index contributed by atoms with van der Waals surface area (Å²) in [6.07, 6.45) is 44.1. The summed E-state index contributed by atoms with van der Waals surface area (Å²) in [6, 6.07) is 0. The van der Waals surface area contributed by atoms with Crippen LogP contribution in [-0.2, 0) is 28.2 Å². The fourth-order valence-corrected chi connectivity index (χ4v) is 5.67. The Morgan fingerprint density at radius 1 is 0.520 bits per heavy atom. The van der Waals surface area contributed by atoms with Crippen molar-refractivity contribution in [1.82, 2.24) is 0 Å². The van der Waals surface area contributed by atoms with E-state index < -0.39 is 32.5 Å². The first-order valence-corrected chi connectivity index (χ1v) is 21.5. The number of hydrogen-bond donors (Lipinski definition) is 2. The van der Waals surface area contributed by atoms with E-state index in [1.165, 1.54) is 96.3 Å². The first kappa shape index (κ1) is 48.0. The summed E-state index contributed by atoms with van der Waals surface area (Å²) in [5.41, 5.74) is 0. The van der Waals surface area contributed by atoms with Gasteiger partial charge >= 0.3 is 19.8 Å². The van der Waals surface area contributed by atoms with Crippen LogP contribution < -0.4 is 0 Å². The Balaban J connectivity index is 4.03. The third-order valence-corrected chi connectivity index (χ3v) is 8.81. The third-order valence-electron chi connectivity index (χ3n) is 8.32. The number of carbonyl (C=O) groups excluding carboxylic acids is 2. The number of phosphoric ester groups is 1. The minimum atomic E-state index is -4.76. The Morgan fingerprint density at radius 2 is 0.940 bits per heavy atom. The third kappa shape index (κ3) is 38.8.